The Morgan fingerprint density at radius 3 is 2.16 bits per heavy atom. The van der Waals surface area contributed by atoms with Crippen molar-refractivity contribution in [2.45, 2.75) is 39.0 Å². The van der Waals surface area contributed by atoms with Crippen LogP contribution in [0.3, 0.4) is 0 Å². The molecule has 1 amide bonds. The van der Waals surface area contributed by atoms with Crippen LogP contribution in [0.4, 0.5) is 5.69 Å². The van der Waals surface area contributed by atoms with Gasteiger partial charge in [0.2, 0.25) is 0 Å². The lowest BCUT2D eigenvalue weighted by Gasteiger charge is -2.11. The van der Waals surface area contributed by atoms with E-state index >= 15 is 0 Å². The highest BCUT2D eigenvalue weighted by molar-refractivity contribution is 7.80. The summed E-state index contributed by atoms with van der Waals surface area (Å²) in [5.41, 5.74) is 3.52. The molecule has 0 bridgehead atoms. The molecule has 0 unspecified atom stereocenters. The number of nitrogens with one attached hydrogen (secondary N) is 2. The summed E-state index contributed by atoms with van der Waals surface area (Å²) in [4.78, 5) is 12.5. The van der Waals surface area contributed by atoms with Gasteiger partial charge in [0.25, 0.3) is 5.91 Å². The molecule has 5 heteroatoms. The number of unbranched alkanes of at least 4 members (excludes halogenated alkanes) is 4. The van der Waals surface area contributed by atoms with Crippen LogP contribution in [0, 0.1) is 0 Å². The van der Waals surface area contributed by atoms with E-state index in [1.54, 1.807) is 12.1 Å². The average Bonchev–Trinajstić information content (AvgIpc) is 2.83. The van der Waals surface area contributed by atoms with Gasteiger partial charge in [0, 0.05) is 11.3 Å². The van der Waals surface area contributed by atoms with Gasteiger partial charge in [-0.2, -0.15) is 0 Å². The molecule has 32 heavy (non-hydrogen) atoms. The van der Waals surface area contributed by atoms with Gasteiger partial charge >= 0.3 is 0 Å². The number of ether oxygens (including phenoxy) is 1. The maximum absolute atomic E-state index is 12.5. The van der Waals surface area contributed by atoms with Gasteiger partial charge in [-0.1, -0.05) is 75.1 Å². The highest BCUT2D eigenvalue weighted by Gasteiger charge is 2.08. The van der Waals surface area contributed by atoms with Crippen LogP contribution in [-0.4, -0.2) is 17.6 Å². The Labute approximate surface area is 196 Å². The molecule has 0 saturated carbocycles. The van der Waals surface area contributed by atoms with Crippen LogP contribution in [0.5, 0.6) is 5.75 Å². The van der Waals surface area contributed by atoms with Crippen molar-refractivity contribution in [3.8, 4) is 16.9 Å². The Balaban J connectivity index is 1.44. The van der Waals surface area contributed by atoms with Crippen molar-refractivity contribution in [3.63, 3.8) is 0 Å². The Kier molecular flexibility index (Phi) is 9.26. The standard InChI is InChI=1S/C27H30N2O2S/c1-2-3-4-5-9-20-31-25-18-16-24(17-19-25)28-27(32)29-26(30)23-14-12-22(13-15-23)21-10-7-6-8-11-21/h6-8,10-19H,2-5,9,20H2,1H3,(H2,28,29,30,32). The predicted molar refractivity (Wildman–Crippen MR) is 136 cm³/mol. The number of hydrogen-bond donors (Lipinski definition) is 2. The molecule has 3 rings (SSSR count). The van der Waals surface area contributed by atoms with Crippen molar-refractivity contribution in [1.29, 1.82) is 0 Å². The number of hydrogen-bond acceptors (Lipinski definition) is 3. The molecule has 0 spiro atoms. The van der Waals surface area contributed by atoms with E-state index in [9.17, 15) is 4.79 Å². The maximum atomic E-state index is 12.5. The smallest absolute Gasteiger partial charge is 0.257 e. The molecule has 0 radical (unpaired) electrons. The van der Waals surface area contributed by atoms with Crippen LogP contribution in [0.2, 0.25) is 0 Å². The summed E-state index contributed by atoms with van der Waals surface area (Å²) >= 11 is 5.29. The molecule has 3 aromatic carbocycles. The monoisotopic (exact) mass is 446 g/mol. The second-order valence-electron chi connectivity index (χ2n) is 7.64. The summed E-state index contributed by atoms with van der Waals surface area (Å²) in [6, 6.07) is 25.1. The molecule has 166 valence electrons. The normalized spacial score (nSPS) is 10.4. The molecule has 0 saturated heterocycles. The highest BCUT2D eigenvalue weighted by atomic mass is 32.1. The summed E-state index contributed by atoms with van der Waals surface area (Å²) < 4.78 is 5.78. The zero-order valence-corrected chi connectivity index (χ0v) is 19.3. The molecule has 0 aliphatic rings. The summed E-state index contributed by atoms with van der Waals surface area (Å²) in [6.45, 7) is 2.94. The van der Waals surface area contributed by atoms with Crippen LogP contribution in [0.15, 0.2) is 78.9 Å². The van der Waals surface area contributed by atoms with Gasteiger partial charge in [0.05, 0.1) is 6.61 Å². The Bertz CT molecular complexity index is 986. The summed E-state index contributed by atoms with van der Waals surface area (Å²) in [6.07, 6.45) is 6.08. The molecule has 0 aliphatic carbocycles. The van der Waals surface area contributed by atoms with E-state index in [1.807, 2.05) is 66.7 Å². The number of anilines is 1. The van der Waals surface area contributed by atoms with Crippen LogP contribution in [-0.2, 0) is 0 Å². The van der Waals surface area contributed by atoms with Gasteiger partial charge in [-0.25, -0.2) is 0 Å². The lowest BCUT2D eigenvalue weighted by molar-refractivity contribution is 0.0977. The third-order valence-corrected chi connectivity index (χ3v) is 5.31. The van der Waals surface area contributed by atoms with Gasteiger partial charge in [0.1, 0.15) is 5.75 Å². The van der Waals surface area contributed by atoms with Crippen LogP contribution in [0.25, 0.3) is 11.1 Å². The van der Waals surface area contributed by atoms with E-state index in [0.717, 1.165) is 35.6 Å². The topological polar surface area (TPSA) is 50.4 Å². The SMILES string of the molecule is CCCCCCCOc1ccc(NC(=S)NC(=O)c2ccc(-c3ccccc3)cc2)cc1. The molecule has 0 aromatic heterocycles. The summed E-state index contributed by atoms with van der Waals surface area (Å²) in [5.74, 6) is 0.588. The second kappa shape index (κ2) is 12.6. The fourth-order valence-corrected chi connectivity index (χ4v) is 3.52. The van der Waals surface area contributed by atoms with E-state index in [-0.39, 0.29) is 11.0 Å². The quantitative estimate of drug-likeness (QED) is 0.265. The van der Waals surface area contributed by atoms with Crippen LogP contribution < -0.4 is 15.4 Å². The zero-order chi connectivity index (χ0) is 22.6. The van der Waals surface area contributed by atoms with Gasteiger partial charge < -0.3 is 10.1 Å². The zero-order valence-electron chi connectivity index (χ0n) is 18.5. The molecule has 3 aromatic rings. The third-order valence-electron chi connectivity index (χ3n) is 5.11. The number of benzene rings is 3. The minimum absolute atomic E-state index is 0.245. The number of rotatable bonds is 10. The largest absolute Gasteiger partial charge is 0.494 e. The Hall–Kier alpha value is -3.18. The molecular formula is C27H30N2O2S. The first-order chi connectivity index (χ1) is 15.7. The van der Waals surface area contributed by atoms with E-state index in [1.165, 1.54) is 25.7 Å². The van der Waals surface area contributed by atoms with Gasteiger partial charge in [-0.15, -0.1) is 0 Å². The summed E-state index contributed by atoms with van der Waals surface area (Å²) in [7, 11) is 0. The van der Waals surface area contributed by atoms with E-state index in [2.05, 4.69) is 17.6 Å². The fraction of sp³-hybridized carbons (Fsp3) is 0.259. The van der Waals surface area contributed by atoms with E-state index in [4.69, 9.17) is 17.0 Å². The van der Waals surface area contributed by atoms with Gasteiger partial charge in [-0.3, -0.25) is 10.1 Å². The molecule has 4 nitrogen and oxygen atoms in total. The number of carbonyl (C=O) groups is 1. The molecule has 0 aliphatic heterocycles. The third kappa shape index (κ3) is 7.50. The second-order valence-corrected chi connectivity index (χ2v) is 8.05. The van der Waals surface area contributed by atoms with Crippen molar-refractivity contribution in [3.05, 3.63) is 84.4 Å². The van der Waals surface area contributed by atoms with Crippen molar-refractivity contribution in [2.24, 2.45) is 0 Å². The van der Waals surface area contributed by atoms with E-state index in [0.29, 0.717) is 5.56 Å². The van der Waals surface area contributed by atoms with Crippen molar-refractivity contribution >= 4 is 28.9 Å². The highest BCUT2D eigenvalue weighted by Crippen LogP contribution is 2.19. The van der Waals surface area contributed by atoms with Crippen molar-refractivity contribution < 1.29 is 9.53 Å². The first-order valence-electron chi connectivity index (χ1n) is 11.2. The van der Waals surface area contributed by atoms with Gasteiger partial charge in [0.15, 0.2) is 5.11 Å². The van der Waals surface area contributed by atoms with E-state index < -0.39 is 0 Å². The molecule has 0 fully saturated rings. The van der Waals surface area contributed by atoms with Crippen molar-refractivity contribution in [2.75, 3.05) is 11.9 Å². The minimum atomic E-state index is -0.245. The predicted octanol–water partition coefficient (Wildman–Crippen LogP) is 6.83. The number of thiocarbonyl (C=S) groups is 1. The van der Waals surface area contributed by atoms with Crippen LogP contribution >= 0.6 is 12.2 Å². The Morgan fingerprint density at radius 1 is 0.812 bits per heavy atom. The Morgan fingerprint density at radius 2 is 1.47 bits per heavy atom. The van der Waals surface area contributed by atoms with Gasteiger partial charge in [-0.05, 0) is 66.2 Å². The number of amides is 1. The molecule has 2 N–H and O–H groups in total. The number of carbonyl (C=O) groups excluding carboxylic acids is 1. The lowest BCUT2D eigenvalue weighted by atomic mass is 10.0. The summed E-state index contributed by atoms with van der Waals surface area (Å²) in [5, 5.41) is 6.02. The fourth-order valence-electron chi connectivity index (χ4n) is 3.31. The lowest BCUT2D eigenvalue weighted by Crippen LogP contribution is -2.34. The van der Waals surface area contributed by atoms with Crippen LogP contribution in [0.1, 0.15) is 49.4 Å². The first-order valence-corrected chi connectivity index (χ1v) is 11.6. The first kappa shape index (κ1) is 23.5. The molecule has 0 heterocycles. The molecular weight excluding hydrogens is 416 g/mol. The average molecular weight is 447 g/mol. The molecule has 0 atom stereocenters. The maximum Gasteiger partial charge on any atom is 0.257 e. The van der Waals surface area contributed by atoms with Crippen molar-refractivity contribution in [1.82, 2.24) is 5.32 Å². The minimum Gasteiger partial charge on any atom is -0.494 e.